The highest BCUT2D eigenvalue weighted by Crippen LogP contribution is 2.20. The Morgan fingerprint density at radius 1 is 1.28 bits per heavy atom. The fourth-order valence-electron chi connectivity index (χ4n) is 3.09. The van der Waals surface area contributed by atoms with E-state index in [4.69, 9.17) is 16.3 Å². The van der Waals surface area contributed by atoms with Gasteiger partial charge in [0.1, 0.15) is 0 Å². The van der Waals surface area contributed by atoms with Crippen LogP contribution in [0.15, 0.2) is 47.5 Å². The van der Waals surface area contributed by atoms with Gasteiger partial charge in [-0.3, -0.25) is 10.1 Å². The summed E-state index contributed by atoms with van der Waals surface area (Å²) in [5.74, 6) is 0.171. The normalized spacial score (nSPS) is 16.6. The van der Waals surface area contributed by atoms with Gasteiger partial charge in [0.15, 0.2) is 0 Å². The zero-order valence-electron chi connectivity index (χ0n) is 17.0. The van der Waals surface area contributed by atoms with Gasteiger partial charge < -0.3 is 15.0 Å². The first-order valence-electron chi connectivity index (χ1n) is 9.70. The van der Waals surface area contributed by atoms with E-state index in [1.807, 2.05) is 56.3 Å². The Morgan fingerprint density at radius 3 is 2.79 bits per heavy atom. The van der Waals surface area contributed by atoms with Gasteiger partial charge in [-0.25, -0.2) is 4.99 Å². The van der Waals surface area contributed by atoms with Crippen LogP contribution < -0.4 is 15.5 Å². The standard InChI is InChI=1S/C22H27ClN4O2/c1-15-12-17(23)9-10-20(15)25-22(24-14-19-8-5-11-29-19)26-21(28)16-6-4-7-18(13-16)27(2)3/h4,6-7,9-10,12-13,19H,5,8,11,14H2,1-3H3,(H2,24,25,26,28)/t19-/m0/s1. The lowest BCUT2D eigenvalue weighted by Crippen LogP contribution is -2.37. The SMILES string of the molecule is Cc1cc(Cl)ccc1NC(=NC[C@@H]1CCCO1)NC(=O)c1cccc(N(C)C)c1. The zero-order chi connectivity index (χ0) is 20.8. The number of rotatable bonds is 5. The topological polar surface area (TPSA) is 66.0 Å². The number of anilines is 2. The molecule has 1 saturated heterocycles. The third-order valence-electron chi connectivity index (χ3n) is 4.78. The molecule has 2 aromatic rings. The minimum absolute atomic E-state index is 0.0899. The van der Waals surface area contributed by atoms with E-state index < -0.39 is 0 Å². The van der Waals surface area contributed by atoms with E-state index in [0.717, 1.165) is 36.4 Å². The summed E-state index contributed by atoms with van der Waals surface area (Å²) in [6.07, 6.45) is 2.12. The van der Waals surface area contributed by atoms with E-state index in [1.165, 1.54) is 0 Å². The average Bonchev–Trinajstić information content (AvgIpc) is 3.22. The second-order valence-electron chi connectivity index (χ2n) is 7.31. The average molecular weight is 415 g/mol. The fourth-order valence-corrected chi connectivity index (χ4v) is 3.32. The number of nitrogens with one attached hydrogen (secondary N) is 2. The summed E-state index contributed by atoms with van der Waals surface area (Å²) in [5.41, 5.74) is 3.32. The van der Waals surface area contributed by atoms with Gasteiger partial charge in [-0.05, 0) is 61.7 Å². The number of nitrogens with zero attached hydrogens (tertiary/aromatic N) is 2. The van der Waals surface area contributed by atoms with Crippen LogP contribution in [0.2, 0.25) is 5.02 Å². The molecule has 0 spiro atoms. The number of aryl methyl sites for hydroxylation is 1. The molecule has 0 unspecified atom stereocenters. The summed E-state index contributed by atoms with van der Waals surface area (Å²) in [5, 5.41) is 6.80. The Morgan fingerprint density at radius 2 is 2.10 bits per heavy atom. The number of hydrogen-bond acceptors (Lipinski definition) is 4. The first-order chi connectivity index (χ1) is 13.9. The van der Waals surface area contributed by atoms with Crippen LogP contribution in [0.1, 0.15) is 28.8 Å². The summed E-state index contributed by atoms with van der Waals surface area (Å²) in [6, 6.07) is 13.0. The van der Waals surface area contributed by atoms with Crippen molar-refractivity contribution in [2.24, 2.45) is 4.99 Å². The predicted molar refractivity (Wildman–Crippen MR) is 119 cm³/mol. The first kappa shape index (κ1) is 21.1. The second kappa shape index (κ2) is 9.76. The van der Waals surface area contributed by atoms with Crippen LogP contribution in [0.25, 0.3) is 0 Å². The molecule has 1 atom stereocenters. The Bertz CT molecular complexity index is 892. The second-order valence-corrected chi connectivity index (χ2v) is 7.74. The van der Waals surface area contributed by atoms with Crippen molar-refractivity contribution < 1.29 is 9.53 Å². The molecular formula is C22H27ClN4O2. The number of halogens is 1. The van der Waals surface area contributed by atoms with Gasteiger partial charge in [0, 0.05) is 42.7 Å². The van der Waals surface area contributed by atoms with Crippen molar-refractivity contribution in [3.05, 3.63) is 58.6 Å². The zero-order valence-corrected chi connectivity index (χ0v) is 17.8. The number of amides is 1. The van der Waals surface area contributed by atoms with Crippen LogP contribution in [0, 0.1) is 6.92 Å². The highest BCUT2D eigenvalue weighted by molar-refractivity contribution is 6.30. The smallest absolute Gasteiger partial charge is 0.258 e. The van der Waals surface area contributed by atoms with Crippen molar-refractivity contribution in [1.82, 2.24) is 5.32 Å². The first-order valence-corrected chi connectivity index (χ1v) is 10.1. The lowest BCUT2D eigenvalue weighted by molar-refractivity contribution is 0.0975. The molecule has 1 aliphatic rings. The number of carbonyl (C=O) groups excluding carboxylic acids is 1. The Hall–Kier alpha value is -2.57. The number of benzene rings is 2. The van der Waals surface area contributed by atoms with Gasteiger partial charge in [-0.15, -0.1) is 0 Å². The lowest BCUT2D eigenvalue weighted by atomic mass is 10.2. The number of ether oxygens (including phenoxy) is 1. The van der Waals surface area contributed by atoms with E-state index in [1.54, 1.807) is 12.1 Å². The Kier molecular flexibility index (Phi) is 7.12. The fraction of sp³-hybridized carbons (Fsp3) is 0.364. The molecule has 6 nitrogen and oxygen atoms in total. The van der Waals surface area contributed by atoms with Crippen LogP contribution in [-0.2, 0) is 4.74 Å². The summed E-state index contributed by atoms with van der Waals surface area (Å²) >= 11 is 6.06. The predicted octanol–water partition coefficient (Wildman–Crippen LogP) is 4.09. The van der Waals surface area contributed by atoms with E-state index in [2.05, 4.69) is 15.6 Å². The van der Waals surface area contributed by atoms with Crippen molar-refractivity contribution in [2.75, 3.05) is 37.5 Å². The number of carbonyl (C=O) groups is 1. The summed E-state index contributed by atoms with van der Waals surface area (Å²) < 4.78 is 5.65. The third-order valence-corrected chi connectivity index (χ3v) is 5.01. The summed E-state index contributed by atoms with van der Waals surface area (Å²) in [7, 11) is 3.88. The maximum absolute atomic E-state index is 12.9. The van der Waals surface area contributed by atoms with Gasteiger partial charge >= 0.3 is 0 Å². The Labute approximate surface area is 176 Å². The monoisotopic (exact) mass is 414 g/mol. The molecule has 1 heterocycles. The highest BCUT2D eigenvalue weighted by Gasteiger charge is 2.16. The number of guanidine groups is 1. The van der Waals surface area contributed by atoms with Crippen molar-refractivity contribution in [3.8, 4) is 0 Å². The molecule has 7 heteroatoms. The molecule has 0 aliphatic carbocycles. The molecule has 0 radical (unpaired) electrons. The molecule has 0 bridgehead atoms. The van der Waals surface area contributed by atoms with Crippen LogP contribution in [0.5, 0.6) is 0 Å². The van der Waals surface area contributed by atoms with Crippen LogP contribution in [-0.4, -0.2) is 45.2 Å². The molecule has 0 saturated carbocycles. The van der Waals surface area contributed by atoms with Crippen LogP contribution in [0.3, 0.4) is 0 Å². The summed E-state index contributed by atoms with van der Waals surface area (Å²) in [4.78, 5) is 19.4. The van der Waals surface area contributed by atoms with Crippen LogP contribution in [0.4, 0.5) is 11.4 Å². The largest absolute Gasteiger partial charge is 0.378 e. The van der Waals surface area contributed by atoms with Gasteiger partial charge in [0.25, 0.3) is 5.91 Å². The number of hydrogen-bond donors (Lipinski definition) is 2. The van der Waals surface area contributed by atoms with Crippen molar-refractivity contribution in [3.63, 3.8) is 0 Å². The van der Waals surface area contributed by atoms with E-state index in [9.17, 15) is 4.79 Å². The summed E-state index contributed by atoms with van der Waals surface area (Å²) in [6.45, 7) is 3.21. The van der Waals surface area contributed by atoms with Crippen molar-refractivity contribution >= 4 is 34.8 Å². The molecule has 2 aromatic carbocycles. The maximum Gasteiger partial charge on any atom is 0.258 e. The molecule has 2 N–H and O–H groups in total. The van der Waals surface area contributed by atoms with E-state index >= 15 is 0 Å². The van der Waals surface area contributed by atoms with Crippen molar-refractivity contribution in [1.29, 1.82) is 0 Å². The molecule has 1 fully saturated rings. The molecule has 1 aliphatic heterocycles. The highest BCUT2D eigenvalue weighted by atomic mass is 35.5. The van der Waals surface area contributed by atoms with Gasteiger partial charge in [-0.2, -0.15) is 0 Å². The van der Waals surface area contributed by atoms with E-state index in [-0.39, 0.29) is 12.0 Å². The minimum atomic E-state index is -0.223. The molecule has 0 aromatic heterocycles. The minimum Gasteiger partial charge on any atom is -0.378 e. The maximum atomic E-state index is 12.9. The van der Waals surface area contributed by atoms with Gasteiger partial charge in [0.05, 0.1) is 12.6 Å². The molecule has 1 amide bonds. The van der Waals surface area contributed by atoms with Gasteiger partial charge in [0.2, 0.25) is 5.96 Å². The molecule has 3 rings (SSSR count). The molecule has 154 valence electrons. The molecular weight excluding hydrogens is 388 g/mol. The third kappa shape index (κ3) is 5.95. The lowest BCUT2D eigenvalue weighted by Gasteiger charge is -2.16. The van der Waals surface area contributed by atoms with Gasteiger partial charge in [-0.1, -0.05) is 17.7 Å². The quantitative estimate of drug-likeness (QED) is 0.571. The molecule has 29 heavy (non-hydrogen) atoms. The van der Waals surface area contributed by atoms with E-state index in [0.29, 0.717) is 23.1 Å². The Balaban J connectivity index is 1.79. The van der Waals surface area contributed by atoms with Crippen LogP contribution >= 0.6 is 11.6 Å². The number of aliphatic imine (C=N–C) groups is 1. The van der Waals surface area contributed by atoms with Crippen molar-refractivity contribution in [2.45, 2.75) is 25.9 Å².